The summed E-state index contributed by atoms with van der Waals surface area (Å²) in [5.41, 5.74) is 7.70. The topological polar surface area (TPSA) is 81.8 Å². The third kappa shape index (κ3) is 6.03. The summed E-state index contributed by atoms with van der Waals surface area (Å²) in [6, 6.07) is 5.47. The first-order chi connectivity index (χ1) is 11.3. The van der Waals surface area contributed by atoms with E-state index in [0.29, 0.717) is 24.0 Å². The fraction of sp³-hybridized carbons (Fsp3) is 0.412. The van der Waals surface area contributed by atoms with Gasteiger partial charge in [0.2, 0.25) is 0 Å². The van der Waals surface area contributed by atoms with E-state index in [1.807, 2.05) is 23.6 Å². The standard InChI is InChI=1S/C17H24N4O2S.HI/c1-17(2,3)15-20-12(10-24-15)9-19-16(18)21-11-6-7-13(22-4)14(8-11)23-5;/h6-8,10H,9H2,1-5H3,(H3,18,19,21);1H. The molecular weight excluding hydrogens is 451 g/mol. The zero-order valence-corrected chi connectivity index (χ0v) is 18.3. The Bertz CT molecular complexity index is 726. The molecule has 0 aliphatic carbocycles. The van der Waals surface area contributed by atoms with E-state index >= 15 is 0 Å². The lowest BCUT2D eigenvalue weighted by atomic mass is 9.98. The second kappa shape index (κ2) is 9.23. The maximum absolute atomic E-state index is 5.95. The molecule has 0 fully saturated rings. The summed E-state index contributed by atoms with van der Waals surface area (Å²) < 4.78 is 10.5. The van der Waals surface area contributed by atoms with Crippen molar-refractivity contribution in [3.8, 4) is 11.5 Å². The van der Waals surface area contributed by atoms with Crippen molar-refractivity contribution in [3.05, 3.63) is 34.3 Å². The Morgan fingerprint density at radius 2 is 1.92 bits per heavy atom. The summed E-state index contributed by atoms with van der Waals surface area (Å²) in [4.78, 5) is 8.94. The van der Waals surface area contributed by atoms with Crippen molar-refractivity contribution in [1.82, 2.24) is 4.98 Å². The van der Waals surface area contributed by atoms with Crippen LogP contribution in [0.15, 0.2) is 28.6 Å². The highest BCUT2D eigenvalue weighted by Crippen LogP contribution is 2.29. The number of aromatic nitrogens is 1. The number of rotatable bonds is 5. The number of aliphatic imine (C=N–C) groups is 1. The van der Waals surface area contributed by atoms with Crippen molar-refractivity contribution in [3.63, 3.8) is 0 Å². The molecule has 0 spiro atoms. The van der Waals surface area contributed by atoms with Gasteiger partial charge in [-0.3, -0.25) is 0 Å². The molecule has 0 aliphatic rings. The van der Waals surface area contributed by atoms with Crippen molar-refractivity contribution < 1.29 is 9.47 Å². The van der Waals surface area contributed by atoms with Gasteiger partial charge in [0.1, 0.15) is 0 Å². The number of nitrogens with zero attached hydrogens (tertiary/aromatic N) is 2. The van der Waals surface area contributed by atoms with Crippen LogP contribution in [0.25, 0.3) is 0 Å². The SMILES string of the molecule is COc1ccc(NC(N)=NCc2csc(C(C)(C)C)n2)cc1OC.I. The molecule has 6 nitrogen and oxygen atoms in total. The molecule has 1 aromatic carbocycles. The first kappa shape index (κ1) is 21.5. The van der Waals surface area contributed by atoms with Crippen molar-refractivity contribution in [2.45, 2.75) is 32.7 Å². The smallest absolute Gasteiger partial charge is 0.193 e. The van der Waals surface area contributed by atoms with Crippen molar-refractivity contribution in [1.29, 1.82) is 0 Å². The summed E-state index contributed by atoms with van der Waals surface area (Å²) >= 11 is 1.65. The molecule has 0 radical (unpaired) electrons. The molecule has 0 saturated carbocycles. The Kier molecular flexibility index (Phi) is 7.94. The van der Waals surface area contributed by atoms with Crippen molar-refractivity contribution in [2.75, 3.05) is 19.5 Å². The lowest BCUT2D eigenvalue weighted by Gasteiger charge is -2.13. The van der Waals surface area contributed by atoms with E-state index in [0.717, 1.165) is 16.4 Å². The third-order valence-electron chi connectivity index (χ3n) is 3.26. The number of ether oxygens (including phenoxy) is 2. The average molecular weight is 476 g/mol. The molecule has 0 amide bonds. The molecule has 25 heavy (non-hydrogen) atoms. The average Bonchev–Trinajstić information content (AvgIpc) is 3.02. The molecule has 0 unspecified atom stereocenters. The number of methoxy groups -OCH3 is 2. The molecule has 0 saturated heterocycles. The Morgan fingerprint density at radius 3 is 2.48 bits per heavy atom. The van der Waals surface area contributed by atoms with E-state index in [-0.39, 0.29) is 29.4 Å². The Balaban J connectivity index is 0.00000312. The Morgan fingerprint density at radius 1 is 1.24 bits per heavy atom. The highest BCUT2D eigenvalue weighted by molar-refractivity contribution is 14.0. The van der Waals surface area contributed by atoms with Gasteiger partial charge in [-0.15, -0.1) is 35.3 Å². The van der Waals surface area contributed by atoms with Gasteiger partial charge in [-0.25, -0.2) is 9.98 Å². The van der Waals surface area contributed by atoms with Gasteiger partial charge >= 0.3 is 0 Å². The summed E-state index contributed by atoms with van der Waals surface area (Å²) in [7, 11) is 3.19. The van der Waals surface area contributed by atoms with Crippen LogP contribution in [0.4, 0.5) is 5.69 Å². The van der Waals surface area contributed by atoms with E-state index in [9.17, 15) is 0 Å². The van der Waals surface area contributed by atoms with Crippen LogP contribution >= 0.6 is 35.3 Å². The number of halogens is 1. The van der Waals surface area contributed by atoms with Gasteiger partial charge in [-0.2, -0.15) is 0 Å². The summed E-state index contributed by atoms with van der Waals surface area (Å²) in [6.07, 6.45) is 0. The maximum Gasteiger partial charge on any atom is 0.193 e. The van der Waals surface area contributed by atoms with Crippen LogP contribution in [0.1, 0.15) is 31.5 Å². The van der Waals surface area contributed by atoms with Gasteiger partial charge in [-0.1, -0.05) is 20.8 Å². The van der Waals surface area contributed by atoms with E-state index < -0.39 is 0 Å². The second-order valence-corrected chi connectivity index (χ2v) is 7.15. The number of anilines is 1. The van der Waals surface area contributed by atoms with Gasteiger partial charge < -0.3 is 20.5 Å². The molecule has 2 rings (SSSR count). The third-order valence-corrected chi connectivity index (χ3v) is 4.58. The fourth-order valence-corrected chi connectivity index (χ4v) is 2.89. The number of thiazole rings is 1. The van der Waals surface area contributed by atoms with Gasteiger partial charge in [-0.05, 0) is 12.1 Å². The number of nitrogens with one attached hydrogen (secondary N) is 1. The lowest BCUT2D eigenvalue weighted by Crippen LogP contribution is -2.22. The van der Waals surface area contributed by atoms with E-state index in [4.69, 9.17) is 15.2 Å². The predicted octanol–water partition coefficient (Wildman–Crippen LogP) is 4.00. The molecule has 8 heteroatoms. The van der Waals surface area contributed by atoms with Gasteiger partial charge in [0.05, 0.1) is 31.5 Å². The van der Waals surface area contributed by atoms with Gasteiger partial charge in [0, 0.05) is 22.5 Å². The van der Waals surface area contributed by atoms with E-state index in [1.54, 1.807) is 25.6 Å². The first-order valence-electron chi connectivity index (χ1n) is 7.57. The minimum Gasteiger partial charge on any atom is -0.493 e. The van der Waals surface area contributed by atoms with Gasteiger partial charge in [0.25, 0.3) is 0 Å². The van der Waals surface area contributed by atoms with Crippen molar-refractivity contribution in [2.24, 2.45) is 10.7 Å². The zero-order chi connectivity index (χ0) is 17.7. The predicted molar refractivity (Wildman–Crippen MR) is 115 cm³/mol. The number of hydrogen-bond acceptors (Lipinski definition) is 5. The van der Waals surface area contributed by atoms with Crippen LogP contribution < -0.4 is 20.5 Å². The normalized spacial score (nSPS) is 11.6. The van der Waals surface area contributed by atoms with Crippen molar-refractivity contribution >= 4 is 47.0 Å². The molecule has 3 N–H and O–H groups in total. The van der Waals surface area contributed by atoms with Crippen LogP contribution in [0.3, 0.4) is 0 Å². The zero-order valence-electron chi connectivity index (χ0n) is 15.1. The fourth-order valence-electron chi connectivity index (χ4n) is 1.99. The molecule has 0 aliphatic heterocycles. The molecule has 0 bridgehead atoms. The maximum atomic E-state index is 5.95. The molecule has 0 atom stereocenters. The summed E-state index contributed by atoms with van der Waals surface area (Å²) in [6.45, 7) is 6.88. The first-order valence-corrected chi connectivity index (χ1v) is 8.45. The molecule has 1 aromatic heterocycles. The number of benzene rings is 1. The minimum absolute atomic E-state index is 0. The quantitative estimate of drug-likeness (QED) is 0.387. The van der Waals surface area contributed by atoms with Crippen LogP contribution in [-0.4, -0.2) is 25.2 Å². The van der Waals surface area contributed by atoms with E-state index in [1.165, 1.54) is 0 Å². The Labute approximate surface area is 169 Å². The number of hydrogen-bond donors (Lipinski definition) is 2. The summed E-state index contributed by atoms with van der Waals surface area (Å²) in [5.74, 6) is 1.62. The largest absolute Gasteiger partial charge is 0.493 e. The number of guanidine groups is 1. The second-order valence-electron chi connectivity index (χ2n) is 6.29. The van der Waals surface area contributed by atoms with E-state index in [2.05, 4.69) is 36.1 Å². The van der Waals surface area contributed by atoms with Crippen LogP contribution in [0.5, 0.6) is 11.5 Å². The monoisotopic (exact) mass is 476 g/mol. The molecular formula is C17H25IN4O2S. The van der Waals surface area contributed by atoms with Crippen LogP contribution in [-0.2, 0) is 12.0 Å². The Hall–Kier alpha value is -1.55. The molecule has 2 aromatic rings. The van der Waals surface area contributed by atoms with Gasteiger partial charge in [0.15, 0.2) is 17.5 Å². The van der Waals surface area contributed by atoms with Crippen LogP contribution in [0.2, 0.25) is 0 Å². The minimum atomic E-state index is 0. The molecule has 138 valence electrons. The highest BCUT2D eigenvalue weighted by Gasteiger charge is 2.17. The highest BCUT2D eigenvalue weighted by atomic mass is 127. The number of nitrogens with two attached hydrogens (primary N) is 1. The summed E-state index contributed by atoms with van der Waals surface area (Å²) in [5, 5.41) is 6.16. The van der Waals surface area contributed by atoms with Crippen LogP contribution in [0, 0.1) is 0 Å². The lowest BCUT2D eigenvalue weighted by molar-refractivity contribution is 0.355. The molecule has 1 heterocycles.